The zero-order chi connectivity index (χ0) is 16.0. The molecule has 0 unspecified atom stereocenters. The van der Waals surface area contributed by atoms with E-state index in [2.05, 4.69) is 50.1 Å². The van der Waals surface area contributed by atoms with E-state index in [0.717, 1.165) is 40.2 Å². The second-order valence-corrected chi connectivity index (χ2v) is 8.49. The second-order valence-electron chi connectivity index (χ2n) is 6.72. The van der Waals surface area contributed by atoms with Gasteiger partial charge in [0, 0.05) is 10.0 Å². The zero-order valence-corrected chi connectivity index (χ0v) is 16.3. The summed E-state index contributed by atoms with van der Waals surface area (Å²) in [6, 6.07) is 6.60. The number of hydrogen-bond acceptors (Lipinski definition) is 1. The largest absolute Gasteiger partial charge is 0.506 e. The monoisotopic (exact) mass is 434 g/mol. The lowest BCUT2D eigenvalue weighted by molar-refractivity contribution is 0.472. The molecular formula is C20H20Br2O. The van der Waals surface area contributed by atoms with Gasteiger partial charge in [-0.15, -0.1) is 0 Å². The Kier molecular flexibility index (Phi) is 4.27. The molecule has 4 rings (SSSR count). The van der Waals surface area contributed by atoms with Gasteiger partial charge in [-0.2, -0.15) is 0 Å². The molecule has 2 aromatic carbocycles. The molecule has 2 aliphatic rings. The number of phenolic OH excluding ortho intramolecular Hbond substituents is 1. The van der Waals surface area contributed by atoms with Crippen molar-refractivity contribution in [3.8, 4) is 16.9 Å². The van der Waals surface area contributed by atoms with Crippen LogP contribution in [0.2, 0.25) is 0 Å². The number of aromatic hydroxyl groups is 1. The highest BCUT2D eigenvalue weighted by molar-refractivity contribution is 9.10. The number of rotatable bonds is 1. The van der Waals surface area contributed by atoms with Crippen LogP contribution in [-0.4, -0.2) is 5.11 Å². The van der Waals surface area contributed by atoms with Gasteiger partial charge in [0.05, 0.1) is 4.47 Å². The maximum absolute atomic E-state index is 10.8. The van der Waals surface area contributed by atoms with Crippen LogP contribution in [0.15, 0.2) is 27.1 Å². The van der Waals surface area contributed by atoms with Gasteiger partial charge in [-0.3, -0.25) is 0 Å². The van der Waals surface area contributed by atoms with Gasteiger partial charge in [-0.05, 0) is 113 Å². The molecule has 3 heteroatoms. The minimum absolute atomic E-state index is 0.413. The molecule has 0 heterocycles. The van der Waals surface area contributed by atoms with Crippen LogP contribution < -0.4 is 0 Å². The highest BCUT2D eigenvalue weighted by Gasteiger charge is 2.24. The fourth-order valence-corrected chi connectivity index (χ4v) is 5.18. The van der Waals surface area contributed by atoms with Crippen molar-refractivity contribution < 1.29 is 5.11 Å². The SMILES string of the molecule is Oc1c(Br)cc2c(c1-c1cc(Br)cc3c1CCCC3)CCCC2. The Bertz CT molecular complexity index is 780. The maximum atomic E-state index is 10.8. The number of hydrogen-bond donors (Lipinski definition) is 1. The van der Waals surface area contributed by atoms with E-state index in [1.165, 1.54) is 53.5 Å². The molecule has 0 saturated carbocycles. The van der Waals surface area contributed by atoms with E-state index in [1.54, 1.807) is 0 Å². The summed E-state index contributed by atoms with van der Waals surface area (Å²) >= 11 is 7.26. The average molecular weight is 436 g/mol. The Labute approximate surface area is 154 Å². The Balaban J connectivity index is 2.01. The van der Waals surface area contributed by atoms with Gasteiger partial charge in [0.15, 0.2) is 0 Å². The van der Waals surface area contributed by atoms with Gasteiger partial charge in [0.25, 0.3) is 0 Å². The molecular weight excluding hydrogens is 416 g/mol. The Hall–Kier alpha value is -0.800. The molecule has 120 valence electrons. The lowest BCUT2D eigenvalue weighted by Gasteiger charge is -2.26. The standard InChI is InChI=1S/C20H20Br2O/c21-14-9-12-5-1-3-7-15(12)17(11-14)19-16-8-4-2-6-13(16)10-18(22)20(19)23/h9-11,23H,1-8H2. The smallest absolute Gasteiger partial charge is 0.137 e. The van der Waals surface area contributed by atoms with Crippen molar-refractivity contribution in [2.24, 2.45) is 0 Å². The number of aryl methyl sites for hydroxylation is 2. The summed E-state index contributed by atoms with van der Waals surface area (Å²) in [5, 5.41) is 10.8. The van der Waals surface area contributed by atoms with E-state index >= 15 is 0 Å². The molecule has 23 heavy (non-hydrogen) atoms. The third-order valence-corrected chi connectivity index (χ3v) is 6.34. The number of benzene rings is 2. The zero-order valence-electron chi connectivity index (χ0n) is 13.1. The van der Waals surface area contributed by atoms with Crippen LogP contribution in [0.3, 0.4) is 0 Å². The third kappa shape index (κ3) is 2.76. The average Bonchev–Trinajstić information content (AvgIpc) is 2.55. The molecule has 0 aromatic heterocycles. The summed E-state index contributed by atoms with van der Waals surface area (Å²) < 4.78 is 1.95. The first-order chi connectivity index (χ1) is 11.1. The Morgan fingerprint density at radius 2 is 1.35 bits per heavy atom. The highest BCUT2D eigenvalue weighted by Crippen LogP contribution is 2.46. The maximum Gasteiger partial charge on any atom is 0.137 e. The quantitative estimate of drug-likeness (QED) is 0.553. The minimum Gasteiger partial charge on any atom is -0.506 e. The Morgan fingerprint density at radius 1 is 0.739 bits per heavy atom. The van der Waals surface area contributed by atoms with Gasteiger partial charge >= 0.3 is 0 Å². The van der Waals surface area contributed by atoms with Crippen molar-refractivity contribution in [3.63, 3.8) is 0 Å². The topological polar surface area (TPSA) is 20.2 Å². The first-order valence-electron chi connectivity index (χ1n) is 8.50. The van der Waals surface area contributed by atoms with Gasteiger partial charge < -0.3 is 5.11 Å². The summed E-state index contributed by atoms with van der Waals surface area (Å²) in [6.45, 7) is 0. The molecule has 0 spiro atoms. The number of fused-ring (bicyclic) bond motifs is 2. The van der Waals surface area contributed by atoms with E-state index in [9.17, 15) is 5.11 Å². The van der Waals surface area contributed by atoms with Crippen LogP contribution in [0.1, 0.15) is 47.9 Å². The normalized spacial score (nSPS) is 16.8. The number of halogens is 2. The van der Waals surface area contributed by atoms with E-state index in [1.807, 2.05) is 0 Å². The van der Waals surface area contributed by atoms with Crippen LogP contribution in [0, 0.1) is 0 Å². The van der Waals surface area contributed by atoms with E-state index in [-0.39, 0.29) is 0 Å². The predicted molar refractivity (Wildman–Crippen MR) is 102 cm³/mol. The van der Waals surface area contributed by atoms with Crippen LogP contribution >= 0.6 is 31.9 Å². The summed E-state index contributed by atoms with van der Waals surface area (Å²) in [4.78, 5) is 0. The molecule has 0 radical (unpaired) electrons. The molecule has 2 aromatic rings. The molecule has 0 fully saturated rings. The van der Waals surface area contributed by atoms with Crippen LogP contribution in [0.5, 0.6) is 5.75 Å². The highest BCUT2D eigenvalue weighted by atomic mass is 79.9. The molecule has 1 nitrogen and oxygen atoms in total. The molecule has 0 amide bonds. The lowest BCUT2D eigenvalue weighted by atomic mass is 9.80. The molecule has 1 N–H and O–H groups in total. The third-order valence-electron chi connectivity index (χ3n) is 5.28. The van der Waals surface area contributed by atoms with E-state index in [0.29, 0.717) is 5.75 Å². The van der Waals surface area contributed by atoms with Crippen molar-refractivity contribution in [1.29, 1.82) is 0 Å². The lowest BCUT2D eigenvalue weighted by Crippen LogP contribution is -2.09. The van der Waals surface area contributed by atoms with Gasteiger partial charge in [0.1, 0.15) is 5.75 Å². The van der Waals surface area contributed by atoms with Crippen molar-refractivity contribution in [1.82, 2.24) is 0 Å². The van der Waals surface area contributed by atoms with Crippen molar-refractivity contribution in [3.05, 3.63) is 49.4 Å². The fraction of sp³-hybridized carbons (Fsp3) is 0.400. The molecule has 0 atom stereocenters. The van der Waals surface area contributed by atoms with Crippen LogP contribution in [0.4, 0.5) is 0 Å². The fourth-order valence-electron chi connectivity index (χ4n) is 4.20. The summed E-state index contributed by atoms with van der Waals surface area (Å²) in [5.41, 5.74) is 7.98. The molecule has 2 aliphatic carbocycles. The molecule has 0 aliphatic heterocycles. The summed E-state index contributed by atoms with van der Waals surface area (Å²) in [6.07, 6.45) is 9.46. The minimum atomic E-state index is 0.413. The van der Waals surface area contributed by atoms with E-state index < -0.39 is 0 Å². The van der Waals surface area contributed by atoms with Crippen LogP contribution in [-0.2, 0) is 25.7 Å². The van der Waals surface area contributed by atoms with Crippen LogP contribution in [0.25, 0.3) is 11.1 Å². The second kappa shape index (κ2) is 6.25. The Morgan fingerprint density at radius 3 is 2.09 bits per heavy atom. The molecule has 0 bridgehead atoms. The van der Waals surface area contributed by atoms with Gasteiger partial charge in [-0.1, -0.05) is 15.9 Å². The predicted octanol–water partition coefficient (Wildman–Crippen LogP) is 6.34. The summed E-state index contributed by atoms with van der Waals surface area (Å²) in [5.74, 6) is 0.413. The van der Waals surface area contributed by atoms with Crippen molar-refractivity contribution >= 4 is 31.9 Å². The first kappa shape index (κ1) is 15.7. The number of phenols is 1. The summed E-state index contributed by atoms with van der Waals surface area (Å²) in [7, 11) is 0. The van der Waals surface area contributed by atoms with Gasteiger partial charge in [0.2, 0.25) is 0 Å². The van der Waals surface area contributed by atoms with Crippen molar-refractivity contribution in [2.75, 3.05) is 0 Å². The van der Waals surface area contributed by atoms with Crippen molar-refractivity contribution in [2.45, 2.75) is 51.4 Å². The first-order valence-corrected chi connectivity index (χ1v) is 10.1. The molecule has 0 saturated heterocycles. The van der Waals surface area contributed by atoms with E-state index in [4.69, 9.17) is 0 Å². The van der Waals surface area contributed by atoms with Gasteiger partial charge in [-0.25, -0.2) is 0 Å².